The summed E-state index contributed by atoms with van der Waals surface area (Å²) in [6.45, 7) is 4.51. The molecule has 0 saturated heterocycles. The lowest BCUT2D eigenvalue weighted by Crippen LogP contribution is -1.94. The van der Waals surface area contributed by atoms with Crippen molar-refractivity contribution < 1.29 is 0 Å². The van der Waals surface area contributed by atoms with Crippen molar-refractivity contribution in [3.8, 4) is 0 Å². The summed E-state index contributed by atoms with van der Waals surface area (Å²) in [5.74, 6) is 0. The lowest BCUT2D eigenvalue weighted by atomic mass is 9.93. The summed E-state index contributed by atoms with van der Waals surface area (Å²) in [5, 5.41) is 5.46. The lowest BCUT2D eigenvalue weighted by Gasteiger charge is -2.16. The van der Waals surface area contributed by atoms with Gasteiger partial charge in [0.25, 0.3) is 0 Å². The van der Waals surface area contributed by atoms with Gasteiger partial charge in [-0.1, -0.05) is 108 Å². The van der Waals surface area contributed by atoms with Gasteiger partial charge >= 0.3 is 0 Å². The number of unbranched alkanes of at least 4 members (excludes halogenated alkanes) is 2. The summed E-state index contributed by atoms with van der Waals surface area (Å²) in [4.78, 5) is 0.862. The van der Waals surface area contributed by atoms with Crippen molar-refractivity contribution in [1.29, 1.82) is 0 Å². The van der Waals surface area contributed by atoms with Gasteiger partial charge in [-0.15, -0.1) is 0 Å². The fraction of sp³-hybridized carbons (Fsp3) is 0.417. The number of rotatable bonds is 8. The van der Waals surface area contributed by atoms with Crippen LogP contribution in [0, 0.1) is 0 Å². The second-order valence-electron chi connectivity index (χ2n) is 7.21. The first kappa shape index (κ1) is 19.9. The van der Waals surface area contributed by atoms with Crippen molar-refractivity contribution >= 4 is 53.4 Å². The molecule has 26 heavy (non-hydrogen) atoms. The third-order valence-corrected chi connectivity index (χ3v) is 7.15. The fourth-order valence-corrected chi connectivity index (χ4v) is 5.17. The van der Waals surface area contributed by atoms with Crippen molar-refractivity contribution in [2.75, 3.05) is 0 Å². The molecule has 3 aromatic carbocycles. The van der Waals surface area contributed by atoms with Crippen LogP contribution in [0.4, 0.5) is 0 Å². The van der Waals surface area contributed by atoms with E-state index in [-0.39, 0.29) is 0 Å². The van der Waals surface area contributed by atoms with Crippen molar-refractivity contribution in [3.63, 3.8) is 0 Å². The molecule has 0 aromatic heterocycles. The van der Waals surface area contributed by atoms with Crippen LogP contribution in [-0.4, -0.2) is 0 Å². The molecule has 0 amide bonds. The zero-order chi connectivity index (χ0) is 18.5. The molecule has 0 aliphatic heterocycles. The quantitative estimate of drug-likeness (QED) is 0.225. The Morgan fingerprint density at radius 3 is 1.50 bits per heavy atom. The van der Waals surface area contributed by atoms with E-state index in [1.807, 2.05) is 0 Å². The molecule has 138 valence electrons. The maximum Gasteiger partial charge on any atom is 0.0401 e. The number of alkyl halides is 2. The molecule has 0 saturated carbocycles. The molecule has 0 aliphatic carbocycles. The number of halogens is 2. The standard InChI is InChI=1S/C24H28Br2/c1-3-5-13-23(25)19-11-7-9-17-16-22-18(15-21(17)19)10-8-12-20(22)24(26)14-6-4-2/h7-12,15-16,23-24H,3-6,13-14H2,1-2H3. The molecule has 0 aliphatic rings. The summed E-state index contributed by atoms with van der Waals surface area (Å²) in [6.07, 6.45) is 7.37. The van der Waals surface area contributed by atoms with Crippen molar-refractivity contribution in [2.45, 2.75) is 62.0 Å². The van der Waals surface area contributed by atoms with Gasteiger partial charge in [0, 0.05) is 9.65 Å². The molecule has 2 heteroatoms. The maximum absolute atomic E-state index is 3.93. The van der Waals surface area contributed by atoms with Gasteiger partial charge in [-0.05, 0) is 57.6 Å². The molecule has 0 radical (unpaired) electrons. The predicted molar refractivity (Wildman–Crippen MR) is 124 cm³/mol. The van der Waals surface area contributed by atoms with Gasteiger partial charge < -0.3 is 0 Å². The second kappa shape index (κ2) is 9.37. The lowest BCUT2D eigenvalue weighted by molar-refractivity contribution is 0.715. The number of fused-ring (bicyclic) bond motifs is 2. The van der Waals surface area contributed by atoms with Crippen molar-refractivity contribution in [3.05, 3.63) is 59.7 Å². The minimum atomic E-state index is 0.431. The van der Waals surface area contributed by atoms with Crippen LogP contribution in [0.5, 0.6) is 0 Å². The first-order valence-corrected chi connectivity index (χ1v) is 11.7. The molecule has 0 spiro atoms. The van der Waals surface area contributed by atoms with E-state index in [2.05, 4.69) is 94.2 Å². The van der Waals surface area contributed by atoms with E-state index in [4.69, 9.17) is 0 Å². The fourth-order valence-electron chi connectivity index (χ4n) is 3.72. The highest BCUT2D eigenvalue weighted by Gasteiger charge is 2.14. The topological polar surface area (TPSA) is 0 Å². The molecule has 0 heterocycles. The van der Waals surface area contributed by atoms with Gasteiger partial charge in [0.05, 0.1) is 0 Å². The highest BCUT2D eigenvalue weighted by atomic mass is 79.9. The number of benzene rings is 3. The van der Waals surface area contributed by atoms with E-state index in [0.717, 1.165) is 0 Å². The SMILES string of the molecule is CCCCC(Br)c1cccc2cc3c(C(Br)CCCC)cccc3cc12. The zero-order valence-electron chi connectivity index (χ0n) is 15.8. The van der Waals surface area contributed by atoms with E-state index in [1.54, 1.807) is 0 Å². The Balaban J connectivity index is 2.08. The first-order valence-electron chi connectivity index (χ1n) is 9.89. The average molecular weight is 476 g/mol. The predicted octanol–water partition coefficient (Wildman–Crippen LogP) is 9.25. The molecule has 3 aromatic rings. The molecule has 0 nitrogen and oxygen atoms in total. The summed E-state index contributed by atoms with van der Waals surface area (Å²) in [5.41, 5.74) is 2.84. The number of hydrogen-bond donors (Lipinski definition) is 0. The van der Waals surface area contributed by atoms with Crippen LogP contribution < -0.4 is 0 Å². The van der Waals surface area contributed by atoms with Gasteiger partial charge in [0.2, 0.25) is 0 Å². The summed E-state index contributed by atoms with van der Waals surface area (Å²) >= 11 is 7.86. The van der Waals surface area contributed by atoms with E-state index >= 15 is 0 Å². The Kier molecular flexibility index (Phi) is 7.17. The molecule has 0 N–H and O–H groups in total. The molecule has 3 rings (SSSR count). The zero-order valence-corrected chi connectivity index (χ0v) is 18.9. The van der Waals surface area contributed by atoms with Crippen LogP contribution in [0.1, 0.15) is 73.2 Å². The molecular formula is C24H28Br2. The summed E-state index contributed by atoms with van der Waals surface area (Å²) in [6, 6.07) is 18.3. The molecule has 2 atom stereocenters. The van der Waals surface area contributed by atoms with E-state index in [9.17, 15) is 0 Å². The van der Waals surface area contributed by atoms with Crippen molar-refractivity contribution in [2.24, 2.45) is 0 Å². The Hall–Kier alpha value is -0.860. The summed E-state index contributed by atoms with van der Waals surface area (Å²) in [7, 11) is 0. The van der Waals surface area contributed by atoms with E-state index in [1.165, 1.54) is 71.2 Å². The smallest absolute Gasteiger partial charge is 0.0401 e. The van der Waals surface area contributed by atoms with E-state index in [0.29, 0.717) is 9.65 Å². The van der Waals surface area contributed by atoms with Crippen molar-refractivity contribution in [1.82, 2.24) is 0 Å². The van der Waals surface area contributed by atoms with Gasteiger partial charge in [0.1, 0.15) is 0 Å². The maximum atomic E-state index is 3.93. The van der Waals surface area contributed by atoms with Gasteiger partial charge in [-0.25, -0.2) is 0 Å². The third kappa shape index (κ3) is 4.34. The normalized spacial score (nSPS) is 14.0. The van der Waals surface area contributed by atoms with Gasteiger partial charge in [-0.2, -0.15) is 0 Å². The second-order valence-corrected chi connectivity index (χ2v) is 9.42. The molecule has 0 bridgehead atoms. The first-order chi connectivity index (χ1) is 12.7. The number of hydrogen-bond acceptors (Lipinski definition) is 0. The van der Waals surface area contributed by atoms with E-state index < -0.39 is 0 Å². The highest BCUT2D eigenvalue weighted by Crippen LogP contribution is 2.38. The van der Waals surface area contributed by atoms with Gasteiger partial charge in [0.15, 0.2) is 0 Å². The summed E-state index contributed by atoms with van der Waals surface area (Å²) < 4.78 is 0. The minimum Gasteiger partial charge on any atom is -0.0839 e. The van der Waals surface area contributed by atoms with Gasteiger partial charge in [-0.3, -0.25) is 0 Å². The highest BCUT2D eigenvalue weighted by molar-refractivity contribution is 9.09. The molecular weight excluding hydrogens is 448 g/mol. The van der Waals surface area contributed by atoms with Crippen LogP contribution >= 0.6 is 31.9 Å². The Morgan fingerprint density at radius 2 is 1.12 bits per heavy atom. The minimum absolute atomic E-state index is 0.431. The van der Waals surface area contributed by atoms with Crippen LogP contribution in [0.15, 0.2) is 48.5 Å². The largest absolute Gasteiger partial charge is 0.0839 e. The Morgan fingerprint density at radius 1 is 0.692 bits per heavy atom. The Bertz CT molecular complexity index is 795. The average Bonchev–Trinajstić information content (AvgIpc) is 2.67. The van der Waals surface area contributed by atoms with Crippen LogP contribution in [0.25, 0.3) is 21.5 Å². The van der Waals surface area contributed by atoms with Crippen LogP contribution in [-0.2, 0) is 0 Å². The molecule has 2 unspecified atom stereocenters. The molecule has 0 fully saturated rings. The van der Waals surface area contributed by atoms with Crippen LogP contribution in [0.2, 0.25) is 0 Å². The third-order valence-electron chi connectivity index (χ3n) is 5.24. The van der Waals surface area contributed by atoms with Crippen LogP contribution in [0.3, 0.4) is 0 Å². The Labute approximate surface area is 174 Å². The monoisotopic (exact) mass is 474 g/mol.